The third kappa shape index (κ3) is 3.52. The van der Waals surface area contributed by atoms with Crippen LogP contribution in [-0.2, 0) is 4.79 Å². The molecule has 1 saturated carbocycles. The van der Waals surface area contributed by atoms with E-state index in [1.54, 1.807) is 11.3 Å². The van der Waals surface area contributed by atoms with Crippen molar-refractivity contribution in [3.8, 4) is 0 Å². The molecule has 2 heterocycles. The monoisotopic (exact) mass is 371 g/mol. The van der Waals surface area contributed by atoms with Gasteiger partial charge in [0.2, 0.25) is 5.91 Å². The molecule has 4 nitrogen and oxygen atoms in total. The number of para-hydroxylation sites is 1. The first-order valence-electron chi connectivity index (χ1n) is 9.98. The standard InChI is InChI=1S/C21H29N3OS/c1-15(21-22-17-10-4-6-12-19(17)26-21)23(2)20(25)14-24-13-7-9-16-8-3-5-11-18(16)24/h4,6,10,12,15-16,18H,3,5,7-9,11,13-14H2,1-2H3/t15-,16-,18+/m1/s1. The summed E-state index contributed by atoms with van der Waals surface area (Å²) in [5.74, 6) is 1.04. The van der Waals surface area contributed by atoms with Crippen molar-refractivity contribution in [1.29, 1.82) is 0 Å². The number of thiazole rings is 1. The van der Waals surface area contributed by atoms with Crippen LogP contribution in [0.4, 0.5) is 0 Å². The highest BCUT2D eigenvalue weighted by atomic mass is 32.1. The second kappa shape index (κ2) is 7.65. The van der Waals surface area contributed by atoms with E-state index in [1.165, 1.54) is 43.2 Å². The van der Waals surface area contributed by atoms with E-state index in [0.717, 1.165) is 23.0 Å². The molecule has 4 rings (SSSR count). The van der Waals surface area contributed by atoms with Crippen LogP contribution in [0.2, 0.25) is 0 Å². The molecule has 26 heavy (non-hydrogen) atoms. The Labute approximate surface area is 160 Å². The van der Waals surface area contributed by atoms with Crippen molar-refractivity contribution in [2.75, 3.05) is 20.1 Å². The molecular weight excluding hydrogens is 342 g/mol. The number of likely N-dealkylation sites (tertiary alicyclic amines) is 1. The van der Waals surface area contributed by atoms with E-state index in [2.05, 4.69) is 17.9 Å². The molecule has 2 aromatic rings. The number of benzene rings is 1. The average Bonchev–Trinajstić information content (AvgIpc) is 3.11. The van der Waals surface area contributed by atoms with Gasteiger partial charge >= 0.3 is 0 Å². The van der Waals surface area contributed by atoms with Crippen LogP contribution in [0.15, 0.2) is 24.3 Å². The summed E-state index contributed by atoms with van der Waals surface area (Å²) in [4.78, 5) is 22.1. The largest absolute Gasteiger partial charge is 0.335 e. The summed E-state index contributed by atoms with van der Waals surface area (Å²) in [6.45, 7) is 3.73. The van der Waals surface area contributed by atoms with E-state index in [9.17, 15) is 4.79 Å². The molecule has 2 fully saturated rings. The van der Waals surface area contributed by atoms with Gasteiger partial charge in [0.05, 0.1) is 22.8 Å². The van der Waals surface area contributed by atoms with Crippen LogP contribution in [-0.4, -0.2) is 46.9 Å². The van der Waals surface area contributed by atoms with Gasteiger partial charge in [0, 0.05) is 13.1 Å². The van der Waals surface area contributed by atoms with Gasteiger partial charge in [-0.05, 0) is 57.2 Å². The first kappa shape index (κ1) is 17.9. The average molecular weight is 372 g/mol. The second-order valence-corrected chi connectivity index (χ2v) is 8.99. The zero-order chi connectivity index (χ0) is 18.1. The number of amides is 1. The summed E-state index contributed by atoms with van der Waals surface area (Å²) >= 11 is 1.70. The number of hydrogen-bond acceptors (Lipinski definition) is 4. The fourth-order valence-electron chi connectivity index (χ4n) is 4.66. The third-order valence-corrected chi connectivity index (χ3v) is 7.55. The fourth-order valence-corrected chi connectivity index (χ4v) is 5.72. The van der Waals surface area contributed by atoms with Crippen molar-refractivity contribution in [2.24, 2.45) is 5.92 Å². The van der Waals surface area contributed by atoms with Crippen LogP contribution in [0.3, 0.4) is 0 Å². The number of likely N-dealkylation sites (N-methyl/N-ethyl adjacent to an activating group) is 1. The number of carbonyl (C=O) groups is 1. The number of carbonyl (C=O) groups excluding carboxylic acids is 1. The molecule has 3 atom stereocenters. The van der Waals surface area contributed by atoms with E-state index in [-0.39, 0.29) is 11.9 Å². The lowest BCUT2D eigenvalue weighted by Gasteiger charge is -2.44. The van der Waals surface area contributed by atoms with E-state index >= 15 is 0 Å². The van der Waals surface area contributed by atoms with Gasteiger partial charge in [-0.15, -0.1) is 11.3 Å². The Morgan fingerprint density at radius 2 is 2.04 bits per heavy atom. The predicted octanol–water partition coefficient (Wildman–Crippen LogP) is 4.47. The van der Waals surface area contributed by atoms with Crippen molar-refractivity contribution in [3.05, 3.63) is 29.3 Å². The smallest absolute Gasteiger partial charge is 0.237 e. The number of aromatic nitrogens is 1. The lowest BCUT2D eigenvalue weighted by atomic mass is 9.78. The summed E-state index contributed by atoms with van der Waals surface area (Å²) < 4.78 is 1.19. The minimum absolute atomic E-state index is 0.0202. The molecule has 1 aromatic carbocycles. The van der Waals surface area contributed by atoms with Crippen LogP contribution in [0, 0.1) is 5.92 Å². The van der Waals surface area contributed by atoms with Crippen LogP contribution in [0.5, 0.6) is 0 Å². The first-order chi connectivity index (χ1) is 12.6. The van der Waals surface area contributed by atoms with Gasteiger partial charge in [-0.2, -0.15) is 0 Å². The van der Waals surface area contributed by atoms with Crippen molar-refractivity contribution >= 4 is 27.5 Å². The first-order valence-corrected chi connectivity index (χ1v) is 10.8. The van der Waals surface area contributed by atoms with E-state index in [0.29, 0.717) is 12.6 Å². The molecule has 1 aliphatic carbocycles. The maximum absolute atomic E-state index is 13.0. The molecule has 0 N–H and O–H groups in total. The van der Waals surface area contributed by atoms with Gasteiger partial charge in [0.1, 0.15) is 5.01 Å². The minimum Gasteiger partial charge on any atom is -0.335 e. The maximum atomic E-state index is 13.0. The molecule has 1 saturated heterocycles. The van der Waals surface area contributed by atoms with Crippen molar-refractivity contribution < 1.29 is 4.79 Å². The van der Waals surface area contributed by atoms with Gasteiger partial charge in [-0.25, -0.2) is 4.98 Å². The molecule has 140 valence electrons. The van der Waals surface area contributed by atoms with Crippen molar-refractivity contribution in [2.45, 2.75) is 57.5 Å². The Bertz CT molecular complexity index is 738. The number of piperidine rings is 1. The molecule has 5 heteroatoms. The van der Waals surface area contributed by atoms with Gasteiger partial charge in [0.15, 0.2) is 0 Å². The van der Waals surface area contributed by atoms with E-state index in [1.807, 2.05) is 30.1 Å². The quantitative estimate of drug-likeness (QED) is 0.795. The van der Waals surface area contributed by atoms with Crippen LogP contribution in [0.25, 0.3) is 10.2 Å². The van der Waals surface area contributed by atoms with Crippen molar-refractivity contribution in [1.82, 2.24) is 14.8 Å². The van der Waals surface area contributed by atoms with E-state index in [4.69, 9.17) is 4.98 Å². The molecule has 2 aliphatic rings. The molecule has 0 bridgehead atoms. The van der Waals surface area contributed by atoms with Crippen molar-refractivity contribution in [3.63, 3.8) is 0 Å². The molecule has 0 unspecified atom stereocenters. The van der Waals surface area contributed by atoms with Crippen LogP contribution >= 0.6 is 11.3 Å². The predicted molar refractivity (Wildman–Crippen MR) is 107 cm³/mol. The van der Waals surface area contributed by atoms with Crippen LogP contribution in [0.1, 0.15) is 56.5 Å². The molecule has 1 amide bonds. The third-order valence-electron chi connectivity index (χ3n) is 6.34. The van der Waals surface area contributed by atoms with Gasteiger partial charge in [-0.1, -0.05) is 25.0 Å². The number of fused-ring (bicyclic) bond motifs is 2. The zero-order valence-electron chi connectivity index (χ0n) is 15.9. The fraction of sp³-hybridized carbons (Fsp3) is 0.619. The second-order valence-electron chi connectivity index (χ2n) is 7.93. The number of nitrogens with zero attached hydrogens (tertiary/aromatic N) is 3. The van der Waals surface area contributed by atoms with E-state index < -0.39 is 0 Å². The highest BCUT2D eigenvalue weighted by molar-refractivity contribution is 7.18. The SMILES string of the molecule is C[C@H](c1nc2ccccc2s1)N(C)C(=O)CN1CCC[C@H]2CCCC[C@@H]21. The Hall–Kier alpha value is -1.46. The lowest BCUT2D eigenvalue weighted by molar-refractivity contribution is -0.134. The minimum atomic E-state index is 0.0202. The normalized spacial score (nSPS) is 25.0. The zero-order valence-corrected chi connectivity index (χ0v) is 16.7. The summed E-state index contributed by atoms with van der Waals surface area (Å²) in [6.07, 6.45) is 7.92. The highest BCUT2D eigenvalue weighted by Crippen LogP contribution is 2.35. The topological polar surface area (TPSA) is 36.4 Å². The Morgan fingerprint density at radius 1 is 1.27 bits per heavy atom. The summed E-state index contributed by atoms with van der Waals surface area (Å²) in [6, 6.07) is 8.85. The highest BCUT2D eigenvalue weighted by Gasteiger charge is 2.34. The van der Waals surface area contributed by atoms with Gasteiger partial charge < -0.3 is 4.90 Å². The lowest BCUT2D eigenvalue weighted by Crippen LogP contribution is -2.50. The van der Waals surface area contributed by atoms with Crippen LogP contribution < -0.4 is 0 Å². The molecule has 1 aliphatic heterocycles. The number of hydrogen-bond donors (Lipinski definition) is 0. The Morgan fingerprint density at radius 3 is 2.88 bits per heavy atom. The summed E-state index contributed by atoms with van der Waals surface area (Å²) in [7, 11) is 1.93. The Kier molecular flexibility index (Phi) is 5.28. The molecule has 0 radical (unpaired) electrons. The summed E-state index contributed by atoms with van der Waals surface area (Å²) in [5, 5.41) is 1.02. The van der Waals surface area contributed by atoms with Gasteiger partial charge in [-0.3, -0.25) is 9.69 Å². The number of rotatable bonds is 4. The summed E-state index contributed by atoms with van der Waals surface area (Å²) in [5.41, 5.74) is 1.03. The van der Waals surface area contributed by atoms with Gasteiger partial charge in [0.25, 0.3) is 0 Å². The Balaban J connectivity index is 1.43. The molecule has 0 spiro atoms. The molecular formula is C21H29N3OS. The maximum Gasteiger partial charge on any atom is 0.237 e. The molecule has 1 aromatic heterocycles.